The second-order valence-electron chi connectivity index (χ2n) is 5.27. The highest BCUT2D eigenvalue weighted by Gasteiger charge is 2.11. The van der Waals surface area contributed by atoms with Crippen LogP contribution in [0.4, 0.5) is 0 Å². The summed E-state index contributed by atoms with van der Waals surface area (Å²) in [7, 11) is 0. The fraction of sp³-hybridized carbons (Fsp3) is 0.733. The lowest BCUT2D eigenvalue weighted by atomic mass is 9.86. The van der Waals surface area contributed by atoms with Crippen molar-refractivity contribution in [1.82, 2.24) is 0 Å². The van der Waals surface area contributed by atoms with Crippen LogP contribution in [0.25, 0.3) is 0 Å². The molecular formula is C15H28. The van der Waals surface area contributed by atoms with Gasteiger partial charge in [-0.15, -0.1) is 0 Å². The first kappa shape index (κ1) is 14.5. The van der Waals surface area contributed by atoms with Gasteiger partial charge in [0.2, 0.25) is 0 Å². The average Bonchev–Trinajstić information content (AvgIpc) is 2.17. The molecule has 0 N–H and O–H groups in total. The minimum Gasteiger partial charge on any atom is -0.0914 e. The molecule has 0 aliphatic rings. The highest BCUT2D eigenvalue weighted by molar-refractivity contribution is 4.89. The van der Waals surface area contributed by atoms with Crippen molar-refractivity contribution in [1.29, 1.82) is 0 Å². The van der Waals surface area contributed by atoms with Gasteiger partial charge in [0, 0.05) is 0 Å². The zero-order chi connectivity index (χ0) is 11.7. The quantitative estimate of drug-likeness (QED) is 0.494. The fourth-order valence-electron chi connectivity index (χ4n) is 1.45. The topological polar surface area (TPSA) is 0 Å². The Morgan fingerprint density at radius 1 is 1.20 bits per heavy atom. The van der Waals surface area contributed by atoms with E-state index in [1.807, 2.05) is 0 Å². The van der Waals surface area contributed by atoms with Crippen LogP contribution in [0.15, 0.2) is 24.3 Å². The normalized spacial score (nSPS) is 15.3. The first-order chi connectivity index (χ1) is 7.02. The highest BCUT2D eigenvalue weighted by atomic mass is 14.2. The van der Waals surface area contributed by atoms with Crippen LogP contribution in [0.3, 0.4) is 0 Å². The molecule has 1 atom stereocenters. The molecule has 0 spiro atoms. The van der Waals surface area contributed by atoms with Crippen molar-refractivity contribution < 1.29 is 0 Å². The van der Waals surface area contributed by atoms with Gasteiger partial charge in [-0.25, -0.2) is 0 Å². The summed E-state index contributed by atoms with van der Waals surface area (Å²) in [6.07, 6.45) is 14.1. The predicted molar refractivity (Wildman–Crippen MR) is 71.0 cm³/mol. The van der Waals surface area contributed by atoms with Crippen LogP contribution in [-0.2, 0) is 0 Å². The molecule has 1 unspecified atom stereocenters. The lowest BCUT2D eigenvalue weighted by Crippen LogP contribution is -2.07. The van der Waals surface area contributed by atoms with Gasteiger partial charge in [-0.3, -0.25) is 0 Å². The lowest BCUT2D eigenvalue weighted by Gasteiger charge is -2.19. The Morgan fingerprint density at radius 3 is 2.40 bits per heavy atom. The van der Waals surface area contributed by atoms with E-state index in [0.29, 0.717) is 5.41 Å². The molecule has 0 saturated carbocycles. The van der Waals surface area contributed by atoms with E-state index in [0.717, 1.165) is 5.92 Å². The Morgan fingerprint density at radius 2 is 1.87 bits per heavy atom. The Hall–Kier alpha value is -0.520. The van der Waals surface area contributed by atoms with E-state index in [2.05, 4.69) is 58.9 Å². The van der Waals surface area contributed by atoms with Gasteiger partial charge in [-0.1, -0.05) is 58.4 Å². The molecule has 0 aliphatic carbocycles. The summed E-state index contributed by atoms with van der Waals surface area (Å²) in [5.41, 5.74) is 0.478. The number of hydrogen-bond acceptors (Lipinski definition) is 0. The number of rotatable bonds is 7. The summed E-state index contributed by atoms with van der Waals surface area (Å²) in [5, 5.41) is 0. The molecule has 0 aliphatic heterocycles. The minimum absolute atomic E-state index is 0.478. The van der Waals surface area contributed by atoms with Gasteiger partial charge in [0.15, 0.2) is 0 Å². The van der Waals surface area contributed by atoms with E-state index in [1.54, 1.807) is 0 Å². The SMILES string of the molecule is CC=CC(C)CCC=CCC(C)(C)CC. The zero-order valence-electron chi connectivity index (χ0n) is 11.2. The molecule has 15 heavy (non-hydrogen) atoms. The molecule has 0 fully saturated rings. The molecule has 0 heteroatoms. The van der Waals surface area contributed by atoms with Crippen LogP contribution in [-0.4, -0.2) is 0 Å². The van der Waals surface area contributed by atoms with E-state index >= 15 is 0 Å². The maximum Gasteiger partial charge on any atom is -0.0259 e. The first-order valence-corrected chi connectivity index (χ1v) is 6.29. The molecule has 0 radical (unpaired) electrons. The lowest BCUT2D eigenvalue weighted by molar-refractivity contribution is 0.356. The number of hydrogen-bond donors (Lipinski definition) is 0. The summed E-state index contributed by atoms with van der Waals surface area (Å²) in [6, 6.07) is 0. The third kappa shape index (κ3) is 8.47. The van der Waals surface area contributed by atoms with Crippen molar-refractivity contribution in [2.75, 3.05) is 0 Å². The van der Waals surface area contributed by atoms with Crippen LogP contribution in [0, 0.1) is 11.3 Å². The van der Waals surface area contributed by atoms with Gasteiger partial charge in [-0.2, -0.15) is 0 Å². The molecule has 88 valence electrons. The van der Waals surface area contributed by atoms with Gasteiger partial charge in [0.05, 0.1) is 0 Å². The Labute approximate surface area is 96.5 Å². The van der Waals surface area contributed by atoms with Gasteiger partial charge in [-0.05, 0) is 37.5 Å². The van der Waals surface area contributed by atoms with Crippen LogP contribution < -0.4 is 0 Å². The van der Waals surface area contributed by atoms with E-state index < -0.39 is 0 Å². The molecule has 0 aromatic heterocycles. The van der Waals surface area contributed by atoms with E-state index in [4.69, 9.17) is 0 Å². The summed E-state index contributed by atoms with van der Waals surface area (Å²) in [5.74, 6) is 0.721. The van der Waals surface area contributed by atoms with Crippen molar-refractivity contribution in [3.63, 3.8) is 0 Å². The van der Waals surface area contributed by atoms with Crippen molar-refractivity contribution in [2.45, 2.75) is 60.3 Å². The molecule has 0 heterocycles. The Kier molecular flexibility index (Phi) is 7.46. The first-order valence-electron chi connectivity index (χ1n) is 6.29. The fourth-order valence-corrected chi connectivity index (χ4v) is 1.45. The minimum atomic E-state index is 0.478. The van der Waals surface area contributed by atoms with E-state index in [-0.39, 0.29) is 0 Å². The molecule has 0 saturated heterocycles. The average molecular weight is 208 g/mol. The summed E-state index contributed by atoms with van der Waals surface area (Å²) < 4.78 is 0. The van der Waals surface area contributed by atoms with E-state index in [9.17, 15) is 0 Å². The number of allylic oxidation sites excluding steroid dienone is 4. The van der Waals surface area contributed by atoms with Gasteiger partial charge in [0.1, 0.15) is 0 Å². The molecule has 0 amide bonds. The second-order valence-corrected chi connectivity index (χ2v) is 5.27. The van der Waals surface area contributed by atoms with Gasteiger partial charge in [0.25, 0.3) is 0 Å². The molecule has 0 aromatic rings. The summed E-state index contributed by atoms with van der Waals surface area (Å²) in [4.78, 5) is 0. The maximum absolute atomic E-state index is 2.35. The van der Waals surface area contributed by atoms with Crippen molar-refractivity contribution in [3.8, 4) is 0 Å². The zero-order valence-corrected chi connectivity index (χ0v) is 11.2. The van der Waals surface area contributed by atoms with Crippen LogP contribution in [0.1, 0.15) is 60.3 Å². The molecule has 0 bridgehead atoms. The smallest absolute Gasteiger partial charge is 0.0259 e. The second kappa shape index (κ2) is 7.73. The van der Waals surface area contributed by atoms with Crippen molar-refractivity contribution in [3.05, 3.63) is 24.3 Å². The standard InChI is InChI=1S/C15H28/c1-6-11-14(3)12-9-8-10-13-15(4,5)7-2/h6,8,10-11,14H,7,9,12-13H2,1-5H3. The van der Waals surface area contributed by atoms with Crippen molar-refractivity contribution >= 4 is 0 Å². The van der Waals surface area contributed by atoms with Gasteiger partial charge < -0.3 is 0 Å². The molecule has 0 nitrogen and oxygen atoms in total. The predicted octanol–water partition coefficient (Wildman–Crippen LogP) is 5.36. The maximum atomic E-state index is 2.35. The third-order valence-electron chi connectivity index (χ3n) is 3.10. The Balaban J connectivity index is 3.64. The summed E-state index contributed by atoms with van der Waals surface area (Å²) >= 11 is 0. The van der Waals surface area contributed by atoms with Crippen LogP contribution >= 0.6 is 0 Å². The summed E-state index contributed by atoms with van der Waals surface area (Å²) in [6.45, 7) is 11.3. The van der Waals surface area contributed by atoms with Crippen LogP contribution in [0.5, 0.6) is 0 Å². The Bertz CT molecular complexity index is 196. The van der Waals surface area contributed by atoms with E-state index in [1.165, 1.54) is 25.7 Å². The molecular weight excluding hydrogens is 180 g/mol. The highest BCUT2D eigenvalue weighted by Crippen LogP contribution is 2.24. The monoisotopic (exact) mass is 208 g/mol. The molecule has 0 aromatic carbocycles. The van der Waals surface area contributed by atoms with Crippen LogP contribution in [0.2, 0.25) is 0 Å². The third-order valence-corrected chi connectivity index (χ3v) is 3.10. The van der Waals surface area contributed by atoms with Gasteiger partial charge >= 0.3 is 0 Å². The molecule has 0 rings (SSSR count). The van der Waals surface area contributed by atoms with Crippen molar-refractivity contribution in [2.24, 2.45) is 11.3 Å². The largest absolute Gasteiger partial charge is 0.0914 e.